The molecule has 0 aliphatic heterocycles. The van der Waals surface area contributed by atoms with Crippen LogP contribution >= 0.6 is 0 Å². The first-order chi connectivity index (χ1) is 12.1. The first-order valence-electron chi connectivity index (χ1n) is 8.52. The van der Waals surface area contributed by atoms with Crippen LogP contribution in [0.5, 0.6) is 0 Å². The second-order valence-electron chi connectivity index (χ2n) is 5.91. The number of fused-ring (bicyclic) bond motifs is 1. The molecule has 0 aliphatic carbocycles. The summed E-state index contributed by atoms with van der Waals surface area (Å²) in [6.45, 7) is 6.56. The predicted molar refractivity (Wildman–Crippen MR) is 102 cm³/mol. The Labute approximate surface area is 147 Å². The van der Waals surface area contributed by atoms with Gasteiger partial charge in [-0.1, -0.05) is 19.1 Å². The molecule has 3 rings (SSSR count). The van der Waals surface area contributed by atoms with Crippen molar-refractivity contribution in [1.82, 2.24) is 15.3 Å². The molecule has 2 aromatic heterocycles. The van der Waals surface area contributed by atoms with E-state index in [1.807, 2.05) is 38.4 Å². The lowest BCUT2D eigenvalue weighted by molar-refractivity contribution is 0.252. The van der Waals surface area contributed by atoms with Crippen molar-refractivity contribution >= 4 is 22.6 Å². The van der Waals surface area contributed by atoms with Crippen molar-refractivity contribution in [3.8, 4) is 11.1 Å². The SMILES string of the molecule is CCNC(=O)Nc1cc2c(-c3ccnc(C)c3)ccc(CC)c2cn1. The highest BCUT2D eigenvalue weighted by molar-refractivity contribution is 6.00. The topological polar surface area (TPSA) is 66.9 Å². The lowest BCUT2D eigenvalue weighted by Gasteiger charge is -2.13. The fourth-order valence-corrected chi connectivity index (χ4v) is 2.96. The number of carbonyl (C=O) groups excluding carboxylic acids is 1. The number of urea groups is 1. The number of nitrogens with zero attached hydrogens (tertiary/aromatic N) is 2. The third-order valence-electron chi connectivity index (χ3n) is 4.16. The van der Waals surface area contributed by atoms with E-state index in [2.05, 4.69) is 45.7 Å². The van der Waals surface area contributed by atoms with Gasteiger partial charge in [0.05, 0.1) is 0 Å². The van der Waals surface area contributed by atoms with Gasteiger partial charge in [0, 0.05) is 30.0 Å². The number of nitrogens with one attached hydrogen (secondary N) is 2. The van der Waals surface area contributed by atoms with E-state index in [4.69, 9.17) is 0 Å². The number of benzene rings is 1. The second kappa shape index (κ2) is 7.30. The van der Waals surface area contributed by atoms with Gasteiger partial charge in [0.2, 0.25) is 0 Å². The number of aromatic nitrogens is 2. The number of rotatable bonds is 4. The summed E-state index contributed by atoms with van der Waals surface area (Å²) in [5.41, 5.74) is 4.43. The molecule has 5 heteroatoms. The molecule has 0 aliphatic rings. The third-order valence-corrected chi connectivity index (χ3v) is 4.16. The molecule has 0 bridgehead atoms. The molecule has 5 nitrogen and oxygen atoms in total. The maximum atomic E-state index is 11.8. The van der Waals surface area contributed by atoms with E-state index in [0.29, 0.717) is 12.4 Å². The van der Waals surface area contributed by atoms with Gasteiger partial charge in [-0.05, 0) is 60.5 Å². The molecule has 0 saturated heterocycles. The van der Waals surface area contributed by atoms with Gasteiger partial charge in [-0.15, -0.1) is 0 Å². The molecule has 0 radical (unpaired) electrons. The highest BCUT2D eigenvalue weighted by atomic mass is 16.2. The van der Waals surface area contributed by atoms with Crippen LogP contribution in [0.25, 0.3) is 21.9 Å². The molecular formula is C20H22N4O. The molecule has 2 heterocycles. The van der Waals surface area contributed by atoms with Gasteiger partial charge < -0.3 is 5.32 Å². The zero-order valence-corrected chi connectivity index (χ0v) is 14.8. The van der Waals surface area contributed by atoms with Gasteiger partial charge in [0.15, 0.2) is 0 Å². The Morgan fingerprint density at radius 2 is 1.92 bits per heavy atom. The molecule has 0 spiro atoms. The van der Waals surface area contributed by atoms with E-state index < -0.39 is 0 Å². The van der Waals surface area contributed by atoms with Crippen molar-refractivity contribution < 1.29 is 4.79 Å². The molecule has 2 amide bonds. The summed E-state index contributed by atoms with van der Waals surface area (Å²) in [7, 11) is 0. The maximum Gasteiger partial charge on any atom is 0.320 e. The Morgan fingerprint density at radius 1 is 1.08 bits per heavy atom. The van der Waals surface area contributed by atoms with E-state index >= 15 is 0 Å². The van der Waals surface area contributed by atoms with Gasteiger partial charge in [-0.2, -0.15) is 0 Å². The van der Waals surface area contributed by atoms with Crippen molar-refractivity contribution in [2.24, 2.45) is 0 Å². The summed E-state index contributed by atoms with van der Waals surface area (Å²) >= 11 is 0. The monoisotopic (exact) mass is 334 g/mol. The number of hydrogen-bond acceptors (Lipinski definition) is 3. The van der Waals surface area contributed by atoms with Crippen molar-refractivity contribution in [3.63, 3.8) is 0 Å². The van der Waals surface area contributed by atoms with Gasteiger partial charge in [-0.25, -0.2) is 9.78 Å². The molecule has 0 atom stereocenters. The van der Waals surface area contributed by atoms with Crippen LogP contribution in [0.4, 0.5) is 10.6 Å². The minimum absolute atomic E-state index is 0.248. The largest absolute Gasteiger partial charge is 0.338 e. The van der Waals surface area contributed by atoms with Crippen LogP contribution in [-0.4, -0.2) is 22.5 Å². The number of pyridine rings is 2. The van der Waals surface area contributed by atoms with Crippen LogP contribution in [0.1, 0.15) is 25.1 Å². The van der Waals surface area contributed by atoms with Crippen LogP contribution < -0.4 is 10.6 Å². The van der Waals surface area contributed by atoms with E-state index in [0.717, 1.165) is 34.0 Å². The lowest BCUT2D eigenvalue weighted by Crippen LogP contribution is -2.28. The first kappa shape index (κ1) is 16.9. The predicted octanol–water partition coefficient (Wildman–Crippen LogP) is 4.31. The molecule has 0 fully saturated rings. The highest BCUT2D eigenvalue weighted by Crippen LogP contribution is 2.32. The molecule has 0 saturated carbocycles. The van der Waals surface area contributed by atoms with Crippen LogP contribution in [0.2, 0.25) is 0 Å². The summed E-state index contributed by atoms with van der Waals surface area (Å²) in [6.07, 6.45) is 4.59. The number of amides is 2. The molecule has 0 unspecified atom stereocenters. The summed E-state index contributed by atoms with van der Waals surface area (Å²) in [6, 6.07) is 10.0. The summed E-state index contributed by atoms with van der Waals surface area (Å²) in [5.74, 6) is 0.540. The van der Waals surface area contributed by atoms with Crippen molar-refractivity contribution in [2.45, 2.75) is 27.2 Å². The average Bonchev–Trinajstić information content (AvgIpc) is 2.60. The molecule has 1 aromatic carbocycles. The van der Waals surface area contributed by atoms with E-state index in [1.54, 1.807) is 0 Å². The van der Waals surface area contributed by atoms with Crippen molar-refractivity contribution in [3.05, 3.63) is 54.0 Å². The lowest BCUT2D eigenvalue weighted by atomic mass is 9.95. The van der Waals surface area contributed by atoms with Crippen molar-refractivity contribution in [2.75, 3.05) is 11.9 Å². The quantitative estimate of drug-likeness (QED) is 0.747. The Bertz CT molecular complexity index is 921. The fraction of sp³-hybridized carbons (Fsp3) is 0.250. The van der Waals surface area contributed by atoms with Gasteiger partial charge >= 0.3 is 6.03 Å². The van der Waals surface area contributed by atoms with E-state index in [1.165, 1.54) is 5.56 Å². The van der Waals surface area contributed by atoms with Crippen molar-refractivity contribution in [1.29, 1.82) is 0 Å². The van der Waals surface area contributed by atoms with Crippen LogP contribution in [0.15, 0.2) is 42.7 Å². The molecule has 128 valence electrons. The normalized spacial score (nSPS) is 10.7. The standard InChI is InChI=1S/C20H22N4O/c1-4-14-6-7-16(15-8-9-22-13(3)10-15)17-11-19(23-12-18(14)17)24-20(25)21-5-2/h6-12H,4-5H2,1-3H3,(H2,21,23,24,25). The number of anilines is 1. The number of carbonyl (C=O) groups is 1. The molecule has 3 aromatic rings. The maximum absolute atomic E-state index is 11.8. The molecule has 2 N–H and O–H groups in total. The number of hydrogen-bond donors (Lipinski definition) is 2. The average molecular weight is 334 g/mol. The highest BCUT2D eigenvalue weighted by Gasteiger charge is 2.10. The zero-order chi connectivity index (χ0) is 17.8. The molecule has 25 heavy (non-hydrogen) atoms. The van der Waals surface area contributed by atoms with Gasteiger partial charge in [0.25, 0.3) is 0 Å². The Balaban J connectivity index is 2.14. The Morgan fingerprint density at radius 3 is 2.64 bits per heavy atom. The minimum Gasteiger partial charge on any atom is -0.338 e. The van der Waals surface area contributed by atoms with Gasteiger partial charge in [-0.3, -0.25) is 10.3 Å². The third kappa shape index (κ3) is 3.60. The number of aryl methyl sites for hydroxylation is 2. The molecular weight excluding hydrogens is 312 g/mol. The zero-order valence-electron chi connectivity index (χ0n) is 14.8. The summed E-state index contributed by atoms with van der Waals surface area (Å²) in [5, 5.41) is 7.69. The van der Waals surface area contributed by atoms with E-state index in [-0.39, 0.29) is 6.03 Å². The van der Waals surface area contributed by atoms with Crippen LogP contribution in [0.3, 0.4) is 0 Å². The second-order valence-corrected chi connectivity index (χ2v) is 5.91. The summed E-state index contributed by atoms with van der Waals surface area (Å²) in [4.78, 5) is 20.5. The summed E-state index contributed by atoms with van der Waals surface area (Å²) < 4.78 is 0. The first-order valence-corrected chi connectivity index (χ1v) is 8.52. The Hall–Kier alpha value is -2.95. The van der Waals surface area contributed by atoms with Crippen LogP contribution in [-0.2, 0) is 6.42 Å². The Kier molecular flexibility index (Phi) is 4.93. The minimum atomic E-state index is -0.248. The van der Waals surface area contributed by atoms with E-state index in [9.17, 15) is 4.79 Å². The van der Waals surface area contributed by atoms with Gasteiger partial charge in [0.1, 0.15) is 5.82 Å². The fourth-order valence-electron chi connectivity index (χ4n) is 2.96. The van der Waals surface area contributed by atoms with Crippen LogP contribution in [0, 0.1) is 6.92 Å². The smallest absolute Gasteiger partial charge is 0.320 e.